The van der Waals surface area contributed by atoms with Crippen LogP contribution in [0.15, 0.2) is 54.7 Å². The van der Waals surface area contributed by atoms with E-state index in [2.05, 4.69) is 29.4 Å². The van der Waals surface area contributed by atoms with Crippen molar-refractivity contribution in [1.29, 1.82) is 0 Å². The van der Waals surface area contributed by atoms with E-state index in [1.807, 2.05) is 29.2 Å². The number of ether oxygens (including phenoxy) is 1. The molecule has 1 aromatic heterocycles. The normalized spacial score (nSPS) is 20.1. The number of hydrogen-bond donors (Lipinski definition) is 1. The number of H-pyrrole nitrogens is 1. The topological polar surface area (TPSA) is 62.4 Å². The van der Waals surface area contributed by atoms with Gasteiger partial charge in [-0.1, -0.05) is 36.4 Å². The number of likely N-dealkylation sites (tertiary alicyclic amines) is 1. The molecule has 1 amide bonds. The Morgan fingerprint density at radius 2 is 1.79 bits per heavy atom. The number of aromatic amines is 1. The van der Waals surface area contributed by atoms with Gasteiger partial charge in [-0.05, 0) is 42.0 Å². The number of fused-ring (bicyclic) bond motifs is 2. The molecule has 5 nitrogen and oxygen atoms in total. The molecule has 0 spiro atoms. The quantitative estimate of drug-likeness (QED) is 0.697. The lowest BCUT2D eigenvalue weighted by molar-refractivity contribution is -0.142. The first kappa shape index (κ1) is 17.0. The van der Waals surface area contributed by atoms with Gasteiger partial charge in [0.05, 0.1) is 5.56 Å². The van der Waals surface area contributed by atoms with Crippen molar-refractivity contribution in [2.24, 2.45) is 0 Å². The average Bonchev–Trinajstić information content (AvgIpc) is 3.17. The molecular formula is C23H22N2O3. The van der Waals surface area contributed by atoms with E-state index >= 15 is 0 Å². The molecule has 3 aromatic rings. The number of benzene rings is 2. The average molecular weight is 374 g/mol. The van der Waals surface area contributed by atoms with Crippen LogP contribution in [0.1, 0.15) is 40.2 Å². The standard InChI is InChI=1S/C23H22N2O3/c26-22(21-13-16-5-1-2-6-17(16)23(27)28-21)25-11-9-15(10-12-25)19-14-24-20-8-4-3-7-18(19)20/h1-8,14-15,21,24H,9-13H2. The molecule has 142 valence electrons. The summed E-state index contributed by atoms with van der Waals surface area (Å²) in [7, 11) is 0. The molecule has 1 saturated heterocycles. The maximum atomic E-state index is 13.0. The molecular weight excluding hydrogens is 352 g/mol. The lowest BCUT2D eigenvalue weighted by Gasteiger charge is -2.35. The fraction of sp³-hybridized carbons (Fsp3) is 0.304. The fourth-order valence-electron chi connectivity index (χ4n) is 4.52. The molecule has 3 heterocycles. The third-order valence-corrected chi connectivity index (χ3v) is 6.04. The molecule has 1 atom stereocenters. The van der Waals surface area contributed by atoms with Crippen LogP contribution in [0.3, 0.4) is 0 Å². The minimum absolute atomic E-state index is 0.0692. The smallest absolute Gasteiger partial charge is 0.339 e. The number of aromatic nitrogens is 1. The van der Waals surface area contributed by atoms with Gasteiger partial charge in [-0.2, -0.15) is 0 Å². The first-order chi connectivity index (χ1) is 13.7. The summed E-state index contributed by atoms with van der Waals surface area (Å²) in [4.78, 5) is 30.4. The molecule has 0 bridgehead atoms. The van der Waals surface area contributed by atoms with E-state index in [0.29, 0.717) is 31.0 Å². The van der Waals surface area contributed by atoms with Crippen LogP contribution in [-0.2, 0) is 16.0 Å². The monoisotopic (exact) mass is 374 g/mol. The molecule has 1 fully saturated rings. The van der Waals surface area contributed by atoms with Crippen LogP contribution < -0.4 is 0 Å². The second-order valence-corrected chi connectivity index (χ2v) is 7.64. The summed E-state index contributed by atoms with van der Waals surface area (Å²) in [6.07, 6.45) is 3.71. The van der Waals surface area contributed by atoms with Gasteiger partial charge in [0.1, 0.15) is 0 Å². The number of hydrogen-bond acceptors (Lipinski definition) is 3. The van der Waals surface area contributed by atoms with Gasteiger partial charge in [0.2, 0.25) is 0 Å². The Hall–Kier alpha value is -3.08. The van der Waals surface area contributed by atoms with Crippen LogP contribution >= 0.6 is 0 Å². The van der Waals surface area contributed by atoms with Crippen molar-refractivity contribution in [3.05, 3.63) is 71.4 Å². The molecule has 5 heteroatoms. The minimum Gasteiger partial charge on any atom is -0.448 e. The summed E-state index contributed by atoms with van der Waals surface area (Å²) in [6.45, 7) is 1.39. The van der Waals surface area contributed by atoms with Gasteiger partial charge in [0.25, 0.3) is 5.91 Å². The van der Waals surface area contributed by atoms with Gasteiger partial charge in [-0.3, -0.25) is 4.79 Å². The Balaban J connectivity index is 1.27. The largest absolute Gasteiger partial charge is 0.448 e. The second-order valence-electron chi connectivity index (χ2n) is 7.64. The Morgan fingerprint density at radius 3 is 2.64 bits per heavy atom. The summed E-state index contributed by atoms with van der Waals surface area (Å²) in [6, 6.07) is 15.7. The Morgan fingerprint density at radius 1 is 1.04 bits per heavy atom. The first-order valence-corrected chi connectivity index (χ1v) is 9.84. The number of esters is 1. The van der Waals surface area contributed by atoms with Crippen molar-refractivity contribution < 1.29 is 14.3 Å². The van der Waals surface area contributed by atoms with E-state index in [0.717, 1.165) is 23.9 Å². The second kappa shape index (κ2) is 6.82. The molecule has 28 heavy (non-hydrogen) atoms. The van der Waals surface area contributed by atoms with Crippen LogP contribution in [0.5, 0.6) is 0 Å². The van der Waals surface area contributed by atoms with E-state index in [1.54, 1.807) is 6.07 Å². The molecule has 0 saturated carbocycles. The molecule has 2 aromatic carbocycles. The lowest BCUT2D eigenvalue weighted by Crippen LogP contribution is -2.47. The van der Waals surface area contributed by atoms with Gasteiger partial charge in [-0.25, -0.2) is 4.79 Å². The van der Waals surface area contributed by atoms with E-state index in [-0.39, 0.29) is 5.91 Å². The highest BCUT2D eigenvalue weighted by atomic mass is 16.5. The van der Waals surface area contributed by atoms with E-state index in [4.69, 9.17) is 4.74 Å². The summed E-state index contributed by atoms with van der Waals surface area (Å²) >= 11 is 0. The number of piperidine rings is 1. The van der Waals surface area contributed by atoms with Crippen LogP contribution in [0.2, 0.25) is 0 Å². The number of cyclic esters (lactones) is 1. The zero-order valence-corrected chi connectivity index (χ0v) is 15.6. The van der Waals surface area contributed by atoms with Crippen molar-refractivity contribution in [2.75, 3.05) is 13.1 Å². The third kappa shape index (κ3) is 2.87. The highest BCUT2D eigenvalue weighted by molar-refractivity contribution is 5.95. The van der Waals surface area contributed by atoms with Crippen LogP contribution in [-0.4, -0.2) is 41.0 Å². The number of nitrogens with zero attached hydrogens (tertiary/aromatic N) is 1. The molecule has 5 rings (SSSR count). The van der Waals surface area contributed by atoms with Crippen molar-refractivity contribution in [3.63, 3.8) is 0 Å². The molecule has 1 unspecified atom stereocenters. The molecule has 2 aliphatic heterocycles. The van der Waals surface area contributed by atoms with Crippen molar-refractivity contribution in [2.45, 2.75) is 31.3 Å². The van der Waals surface area contributed by atoms with Gasteiger partial charge < -0.3 is 14.6 Å². The zero-order chi connectivity index (χ0) is 19.1. The Kier molecular flexibility index (Phi) is 4.15. The molecule has 0 radical (unpaired) electrons. The van der Waals surface area contributed by atoms with E-state index in [1.165, 1.54) is 10.9 Å². The lowest BCUT2D eigenvalue weighted by atomic mass is 9.88. The number of amides is 1. The van der Waals surface area contributed by atoms with Crippen molar-refractivity contribution in [3.8, 4) is 0 Å². The highest BCUT2D eigenvalue weighted by Gasteiger charge is 2.35. The van der Waals surface area contributed by atoms with Gasteiger partial charge in [0, 0.05) is 36.6 Å². The zero-order valence-electron chi connectivity index (χ0n) is 15.6. The van der Waals surface area contributed by atoms with Crippen LogP contribution in [0, 0.1) is 0 Å². The maximum Gasteiger partial charge on any atom is 0.339 e. The number of para-hydroxylation sites is 1. The number of carbonyl (C=O) groups is 2. The fourth-order valence-corrected chi connectivity index (χ4v) is 4.52. The van der Waals surface area contributed by atoms with Gasteiger partial charge >= 0.3 is 5.97 Å². The van der Waals surface area contributed by atoms with Gasteiger partial charge in [-0.15, -0.1) is 0 Å². The predicted octanol–water partition coefficient (Wildman–Crippen LogP) is 3.66. The number of carbonyl (C=O) groups excluding carboxylic acids is 2. The number of rotatable bonds is 2. The van der Waals surface area contributed by atoms with Crippen LogP contribution in [0.4, 0.5) is 0 Å². The Labute approximate surface area is 163 Å². The van der Waals surface area contributed by atoms with E-state index < -0.39 is 12.1 Å². The predicted molar refractivity (Wildman–Crippen MR) is 106 cm³/mol. The SMILES string of the molecule is O=C1OC(C(=O)N2CCC(c3c[nH]c4ccccc34)CC2)Cc2ccccc21. The maximum absolute atomic E-state index is 13.0. The molecule has 1 N–H and O–H groups in total. The van der Waals surface area contributed by atoms with Crippen molar-refractivity contribution in [1.82, 2.24) is 9.88 Å². The summed E-state index contributed by atoms with van der Waals surface area (Å²) in [5.41, 5.74) is 3.96. The molecule has 0 aliphatic carbocycles. The van der Waals surface area contributed by atoms with Gasteiger partial charge in [0.15, 0.2) is 6.10 Å². The Bertz CT molecular complexity index is 1050. The first-order valence-electron chi connectivity index (χ1n) is 9.84. The summed E-state index contributed by atoms with van der Waals surface area (Å²) in [5.74, 6) is -0.0241. The van der Waals surface area contributed by atoms with Crippen molar-refractivity contribution >= 4 is 22.8 Å². The number of nitrogens with one attached hydrogen (secondary N) is 1. The minimum atomic E-state index is -0.702. The molecule has 2 aliphatic rings. The highest BCUT2D eigenvalue weighted by Crippen LogP contribution is 2.33. The third-order valence-electron chi connectivity index (χ3n) is 6.04. The van der Waals surface area contributed by atoms with Crippen LogP contribution in [0.25, 0.3) is 10.9 Å². The summed E-state index contributed by atoms with van der Waals surface area (Å²) < 4.78 is 5.45. The summed E-state index contributed by atoms with van der Waals surface area (Å²) in [5, 5.41) is 1.27. The van der Waals surface area contributed by atoms with E-state index in [9.17, 15) is 9.59 Å².